The molecule has 3 saturated heterocycles. The van der Waals surface area contributed by atoms with E-state index < -0.39 is 0 Å². The highest BCUT2D eigenvalue weighted by Gasteiger charge is 2.41. The van der Waals surface area contributed by atoms with Gasteiger partial charge in [-0.15, -0.1) is 0 Å². The molecule has 3 heterocycles. The molecule has 0 aromatic rings. The topological polar surface area (TPSA) is 75.6 Å². The van der Waals surface area contributed by atoms with Crippen molar-refractivity contribution in [2.24, 2.45) is 17.8 Å². The van der Waals surface area contributed by atoms with Gasteiger partial charge < -0.3 is 5.32 Å². The van der Waals surface area contributed by atoms with E-state index in [4.69, 9.17) is 4.84 Å². The smallest absolute Gasteiger partial charge is 0.146 e. The van der Waals surface area contributed by atoms with E-state index in [2.05, 4.69) is 46.1 Å². The Balaban J connectivity index is 1.27. The maximum atomic E-state index is 9.28. The van der Waals surface area contributed by atoms with Gasteiger partial charge in [-0.2, -0.15) is 10.7 Å². The number of hydroxylamine groups is 1. The molecule has 4 aliphatic rings. The Morgan fingerprint density at radius 1 is 1.14 bits per heavy atom. The summed E-state index contributed by atoms with van der Waals surface area (Å²) in [6.07, 6.45) is 10.3. The van der Waals surface area contributed by atoms with E-state index in [1.165, 1.54) is 45.1 Å². The highest BCUT2D eigenvalue weighted by molar-refractivity contribution is 4.94. The minimum Gasteiger partial charge on any atom is -0.301 e. The lowest BCUT2D eigenvalue weighted by molar-refractivity contribution is -0.0275. The Bertz CT molecular complexity index is 544. The van der Waals surface area contributed by atoms with Crippen molar-refractivity contribution >= 4 is 0 Å². The highest BCUT2D eigenvalue weighted by atomic mass is 16.7. The first-order valence-electron chi connectivity index (χ1n) is 11.3. The lowest BCUT2D eigenvalue weighted by atomic mass is 9.82. The molecule has 4 fully saturated rings. The molecule has 0 radical (unpaired) electrons. The van der Waals surface area contributed by atoms with Crippen molar-refractivity contribution in [3.05, 3.63) is 0 Å². The Labute approximate surface area is 170 Å². The summed E-state index contributed by atoms with van der Waals surface area (Å²) in [6.45, 7) is 3.32. The zero-order chi connectivity index (χ0) is 19.5. The van der Waals surface area contributed by atoms with Crippen LogP contribution in [-0.4, -0.2) is 68.1 Å². The molecule has 3 N–H and O–H groups in total. The molecule has 0 aromatic heterocycles. The average molecular weight is 391 g/mol. The molecular formula is C21H38N6O. The fourth-order valence-electron chi connectivity index (χ4n) is 5.73. The molecule has 0 amide bonds. The van der Waals surface area contributed by atoms with Crippen molar-refractivity contribution in [3.63, 3.8) is 0 Å². The summed E-state index contributed by atoms with van der Waals surface area (Å²) in [5.41, 5.74) is 3.30. The van der Waals surface area contributed by atoms with Crippen molar-refractivity contribution in [1.82, 2.24) is 25.9 Å². The number of nitrogens with zero attached hydrogens (tertiary/aromatic N) is 3. The summed E-state index contributed by atoms with van der Waals surface area (Å²) in [7, 11) is 4.28. The minimum absolute atomic E-state index is 0.0782. The SMILES string of the molecule is CN(C)C1CCC(C2NOC([C@H]3CCCN3CC3CCCC(C#N)C3)N2)CN1. The molecule has 1 saturated carbocycles. The van der Waals surface area contributed by atoms with Crippen LogP contribution in [0.3, 0.4) is 0 Å². The van der Waals surface area contributed by atoms with E-state index in [1.807, 2.05) is 0 Å². The van der Waals surface area contributed by atoms with Crippen LogP contribution in [0.2, 0.25) is 0 Å². The zero-order valence-electron chi connectivity index (χ0n) is 17.6. The molecule has 0 bridgehead atoms. The first-order chi connectivity index (χ1) is 13.6. The van der Waals surface area contributed by atoms with E-state index in [1.54, 1.807) is 0 Å². The molecule has 7 atom stereocenters. The van der Waals surface area contributed by atoms with E-state index in [0.717, 1.165) is 25.9 Å². The fourth-order valence-corrected chi connectivity index (χ4v) is 5.73. The number of nitrogens with one attached hydrogen (secondary N) is 3. The second kappa shape index (κ2) is 9.38. The van der Waals surface area contributed by atoms with Crippen molar-refractivity contribution in [2.75, 3.05) is 33.7 Å². The zero-order valence-corrected chi connectivity index (χ0v) is 17.6. The van der Waals surface area contributed by atoms with Crippen molar-refractivity contribution in [3.8, 4) is 6.07 Å². The summed E-state index contributed by atoms with van der Waals surface area (Å²) in [5, 5.41) is 16.7. The van der Waals surface area contributed by atoms with E-state index in [-0.39, 0.29) is 18.3 Å². The lowest BCUT2D eigenvalue weighted by Crippen LogP contribution is -2.54. The average Bonchev–Trinajstić information content (AvgIpc) is 3.37. The Hall–Kier alpha value is -0.750. The first kappa shape index (κ1) is 20.5. The van der Waals surface area contributed by atoms with Crippen LogP contribution in [0.5, 0.6) is 0 Å². The summed E-state index contributed by atoms with van der Waals surface area (Å²) < 4.78 is 0. The summed E-state index contributed by atoms with van der Waals surface area (Å²) in [4.78, 5) is 10.9. The number of hydrogen-bond acceptors (Lipinski definition) is 7. The van der Waals surface area contributed by atoms with Crippen LogP contribution < -0.4 is 16.1 Å². The number of likely N-dealkylation sites (tertiary alicyclic amines) is 1. The van der Waals surface area contributed by atoms with Gasteiger partial charge in [0.25, 0.3) is 0 Å². The lowest BCUT2D eigenvalue weighted by Gasteiger charge is -2.36. The quantitative estimate of drug-likeness (QED) is 0.656. The van der Waals surface area contributed by atoms with Crippen LogP contribution in [0.4, 0.5) is 0 Å². The van der Waals surface area contributed by atoms with Gasteiger partial charge >= 0.3 is 0 Å². The van der Waals surface area contributed by atoms with Gasteiger partial charge in [-0.05, 0) is 71.5 Å². The molecule has 1 aliphatic carbocycles. The predicted molar refractivity (Wildman–Crippen MR) is 109 cm³/mol. The Morgan fingerprint density at radius 2 is 2.04 bits per heavy atom. The maximum Gasteiger partial charge on any atom is 0.146 e. The van der Waals surface area contributed by atoms with Crippen LogP contribution in [0.15, 0.2) is 0 Å². The largest absolute Gasteiger partial charge is 0.301 e. The third-order valence-corrected chi connectivity index (χ3v) is 7.41. The number of nitriles is 1. The molecule has 6 unspecified atom stereocenters. The van der Waals surface area contributed by atoms with Gasteiger partial charge in [-0.1, -0.05) is 6.42 Å². The third-order valence-electron chi connectivity index (χ3n) is 7.41. The molecule has 0 aromatic carbocycles. The molecule has 7 nitrogen and oxygen atoms in total. The molecule has 4 rings (SSSR count). The van der Waals surface area contributed by atoms with Crippen LogP contribution in [0.25, 0.3) is 0 Å². The van der Waals surface area contributed by atoms with Gasteiger partial charge in [0, 0.05) is 24.9 Å². The molecule has 7 heteroatoms. The minimum atomic E-state index is 0.0782. The fraction of sp³-hybridized carbons (Fsp3) is 0.952. The van der Waals surface area contributed by atoms with Gasteiger partial charge in [-0.3, -0.25) is 20.0 Å². The van der Waals surface area contributed by atoms with Crippen molar-refractivity contribution in [2.45, 2.75) is 76.0 Å². The number of hydrogen-bond donors (Lipinski definition) is 3. The molecule has 0 spiro atoms. The first-order valence-corrected chi connectivity index (χ1v) is 11.3. The third kappa shape index (κ3) is 4.69. The summed E-state index contributed by atoms with van der Waals surface area (Å²) in [6, 6.07) is 2.95. The van der Waals surface area contributed by atoms with Crippen LogP contribution in [-0.2, 0) is 4.84 Å². The van der Waals surface area contributed by atoms with Gasteiger partial charge in [0.15, 0.2) is 0 Å². The normalized spacial score (nSPS) is 42.7. The Morgan fingerprint density at radius 3 is 2.79 bits per heavy atom. The van der Waals surface area contributed by atoms with E-state index in [9.17, 15) is 5.26 Å². The standard InChI is InChI=1S/C21H38N6O/c1-26(2)19-9-8-17(13-23-19)20-24-21(28-25-20)18-7-4-10-27(18)14-16-6-3-5-15(11-16)12-22/h15-21,23-25H,3-11,13-14H2,1-2H3/t15?,16?,17?,18-,19?,20?,21?/m1/s1. The highest BCUT2D eigenvalue weighted by Crippen LogP contribution is 2.32. The number of piperidine rings is 1. The second-order valence-electron chi connectivity index (χ2n) is 9.59. The Kier molecular flexibility index (Phi) is 6.87. The van der Waals surface area contributed by atoms with E-state index >= 15 is 0 Å². The van der Waals surface area contributed by atoms with Crippen LogP contribution >= 0.6 is 0 Å². The van der Waals surface area contributed by atoms with Crippen LogP contribution in [0.1, 0.15) is 51.4 Å². The molecular weight excluding hydrogens is 352 g/mol. The van der Waals surface area contributed by atoms with Gasteiger partial charge in [0.1, 0.15) is 6.23 Å². The van der Waals surface area contributed by atoms with Crippen molar-refractivity contribution in [1.29, 1.82) is 5.26 Å². The maximum absolute atomic E-state index is 9.28. The van der Waals surface area contributed by atoms with E-state index in [0.29, 0.717) is 24.0 Å². The van der Waals surface area contributed by atoms with Crippen molar-refractivity contribution < 1.29 is 4.84 Å². The summed E-state index contributed by atoms with van der Waals surface area (Å²) in [5.74, 6) is 1.51. The predicted octanol–water partition coefficient (Wildman–Crippen LogP) is 1.44. The van der Waals surface area contributed by atoms with Crippen LogP contribution in [0, 0.1) is 29.1 Å². The number of rotatable bonds is 5. The molecule has 3 aliphatic heterocycles. The van der Waals surface area contributed by atoms with Gasteiger partial charge in [0.2, 0.25) is 0 Å². The monoisotopic (exact) mass is 390 g/mol. The second-order valence-corrected chi connectivity index (χ2v) is 9.59. The van der Waals surface area contributed by atoms with Gasteiger partial charge in [0.05, 0.1) is 24.4 Å². The van der Waals surface area contributed by atoms with Gasteiger partial charge in [-0.25, -0.2) is 0 Å². The molecule has 158 valence electrons. The molecule has 28 heavy (non-hydrogen) atoms. The summed E-state index contributed by atoms with van der Waals surface area (Å²) >= 11 is 0.